The third-order valence-electron chi connectivity index (χ3n) is 3.59. The average Bonchev–Trinajstić information content (AvgIpc) is 2.45. The lowest BCUT2D eigenvalue weighted by Gasteiger charge is -2.28. The zero-order valence-electron chi connectivity index (χ0n) is 14.8. The minimum Gasteiger partial charge on any atom is -0.496 e. The summed E-state index contributed by atoms with van der Waals surface area (Å²) in [6.07, 6.45) is 3.93. The van der Waals surface area contributed by atoms with Crippen LogP contribution in [0.25, 0.3) is 6.08 Å². The number of carbonyl (C=O) groups is 2. The number of para-hydroxylation sites is 1. The summed E-state index contributed by atoms with van der Waals surface area (Å²) < 4.78 is 10.7. The SMILES string of the molecule is COc1ccccc1/C=C/C[C@@](C)(C(C)=O)C(=O)OC(C)(C)C. The van der Waals surface area contributed by atoms with Crippen LogP contribution in [-0.4, -0.2) is 24.5 Å². The molecule has 0 radical (unpaired) electrons. The van der Waals surface area contributed by atoms with Gasteiger partial charge in [-0.3, -0.25) is 9.59 Å². The number of methoxy groups -OCH3 is 1. The largest absolute Gasteiger partial charge is 0.496 e. The van der Waals surface area contributed by atoms with Crippen molar-refractivity contribution < 1.29 is 19.1 Å². The summed E-state index contributed by atoms with van der Waals surface area (Å²) in [6, 6.07) is 7.56. The molecule has 1 rings (SSSR count). The van der Waals surface area contributed by atoms with Crippen LogP contribution >= 0.6 is 0 Å². The molecule has 4 nitrogen and oxygen atoms in total. The first-order valence-electron chi connectivity index (χ1n) is 7.64. The van der Waals surface area contributed by atoms with Gasteiger partial charge in [-0.1, -0.05) is 30.4 Å². The van der Waals surface area contributed by atoms with Gasteiger partial charge in [0.1, 0.15) is 22.5 Å². The second-order valence-electron chi connectivity index (χ2n) is 6.74. The fourth-order valence-electron chi connectivity index (χ4n) is 1.99. The van der Waals surface area contributed by atoms with E-state index >= 15 is 0 Å². The van der Waals surface area contributed by atoms with Gasteiger partial charge in [0, 0.05) is 5.56 Å². The predicted octanol–water partition coefficient (Wildman–Crippen LogP) is 4.04. The van der Waals surface area contributed by atoms with Gasteiger partial charge in [0.15, 0.2) is 0 Å². The highest BCUT2D eigenvalue weighted by atomic mass is 16.6. The van der Waals surface area contributed by atoms with Crippen LogP contribution in [0.4, 0.5) is 0 Å². The molecule has 0 bridgehead atoms. The van der Waals surface area contributed by atoms with Crippen molar-refractivity contribution in [3.8, 4) is 5.75 Å². The number of rotatable bonds is 6. The monoisotopic (exact) mass is 318 g/mol. The van der Waals surface area contributed by atoms with Gasteiger partial charge in [0.05, 0.1) is 7.11 Å². The molecule has 0 heterocycles. The summed E-state index contributed by atoms with van der Waals surface area (Å²) >= 11 is 0. The molecule has 0 aromatic heterocycles. The zero-order chi connectivity index (χ0) is 17.7. The molecule has 0 unspecified atom stereocenters. The number of allylic oxidation sites excluding steroid dienone is 1. The van der Waals surface area contributed by atoms with Gasteiger partial charge in [0.25, 0.3) is 0 Å². The van der Waals surface area contributed by atoms with E-state index in [1.165, 1.54) is 6.92 Å². The second-order valence-corrected chi connectivity index (χ2v) is 6.74. The van der Waals surface area contributed by atoms with Crippen LogP contribution in [0.5, 0.6) is 5.75 Å². The lowest BCUT2D eigenvalue weighted by Crippen LogP contribution is -2.40. The summed E-state index contributed by atoms with van der Waals surface area (Å²) in [5, 5.41) is 0. The number of esters is 1. The molecule has 1 atom stereocenters. The molecule has 0 saturated heterocycles. The normalized spacial score (nSPS) is 14.3. The van der Waals surface area contributed by atoms with Gasteiger partial charge >= 0.3 is 5.97 Å². The quantitative estimate of drug-likeness (QED) is 0.587. The highest BCUT2D eigenvalue weighted by Crippen LogP contribution is 2.29. The third-order valence-corrected chi connectivity index (χ3v) is 3.59. The third kappa shape index (κ3) is 5.23. The van der Waals surface area contributed by atoms with Crippen LogP contribution in [0.1, 0.15) is 46.6 Å². The van der Waals surface area contributed by atoms with Crippen LogP contribution in [0, 0.1) is 5.41 Å². The molecule has 126 valence electrons. The number of Topliss-reactive ketones (excluding diaryl/α,β-unsaturated/α-hetero) is 1. The average molecular weight is 318 g/mol. The predicted molar refractivity (Wildman–Crippen MR) is 91.3 cm³/mol. The van der Waals surface area contributed by atoms with Crippen molar-refractivity contribution in [1.82, 2.24) is 0 Å². The number of ketones is 1. The lowest BCUT2D eigenvalue weighted by molar-refractivity contribution is -0.168. The van der Waals surface area contributed by atoms with Crippen LogP contribution < -0.4 is 4.74 Å². The Labute approximate surface area is 138 Å². The Balaban J connectivity index is 2.94. The Bertz CT molecular complexity index is 596. The van der Waals surface area contributed by atoms with Crippen molar-refractivity contribution in [2.75, 3.05) is 7.11 Å². The van der Waals surface area contributed by atoms with Crippen molar-refractivity contribution in [2.24, 2.45) is 5.41 Å². The Morgan fingerprint density at radius 2 is 1.74 bits per heavy atom. The highest BCUT2D eigenvalue weighted by molar-refractivity contribution is 6.02. The van der Waals surface area contributed by atoms with Gasteiger partial charge in [0.2, 0.25) is 0 Å². The van der Waals surface area contributed by atoms with Gasteiger partial charge in [-0.15, -0.1) is 0 Å². The van der Waals surface area contributed by atoms with Gasteiger partial charge < -0.3 is 9.47 Å². The molecule has 0 saturated carbocycles. The lowest BCUT2D eigenvalue weighted by atomic mass is 9.82. The van der Waals surface area contributed by atoms with E-state index in [2.05, 4.69) is 0 Å². The van der Waals surface area contributed by atoms with E-state index in [1.54, 1.807) is 34.8 Å². The van der Waals surface area contributed by atoms with Crippen molar-refractivity contribution >= 4 is 17.8 Å². The summed E-state index contributed by atoms with van der Waals surface area (Å²) in [5.74, 6) is 0.0316. The fraction of sp³-hybridized carbons (Fsp3) is 0.474. The highest BCUT2D eigenvalue weighted by Gasteiger charge is 2.40. The molecule has 0 fully saturated rings. The summed E-state index contributed by atoms with van der Waals surface area (Å²) in [5.41, 5.74) is -0.920. The summed E-state index contributed by atoms with van der Waals surface area (Å²) in [6.45, 7) is 8.40. The van der Waals surface area contributed by atoms with Crippen LogP contribution in [0.15, 0.2) is 30.3 Å². The van der Waals surface area contributed by atoms with E-state index in [-0.39, 0.29) is 12.2 Å². The maximum absolute atomic E-state index is 12.4. The van der Waals surface area contributed by atoms with E-state index < -0.39 is 17.0 Å². The molecule has 1 aromatic carbocycles. The molecular weight excluding hydrogens is 292 g/mol. The number of hydrogen-bond donors (Lipinski definition) is 0. The van der Waals surface area contributed by atoms with Gasteiger partial charge in [-0.05, 0) is 47.1 Å². The Morgan fingerprint density at radius 1 is 1.13 bits per heavy atom. The standard InChI is InChI=1S/C19H26O4/c1-14(20)19(5,17(21)23-18(2,3)4)13-9-11-15-10-7-8-12-16(15)22-6/h7-12H,13H2,1-6H3/b11-9+/t19-/m0/s1. The number of ether oxygens (including phenoxy) is 2. The van der Waals surface area contributed by atoms with E-state index in [0.717, 1.165) is 11.3 Å². The van der Waals surface area contributed by atoms with Crippen molar-refractivity contribution in [1.29, 1.82) is 0 Å². The summed E-state index contributed by atoms with van der Waals surface area (Å²) in [4.78, 5) is 24.4. The summed E-state index contributed by atoms with van der Waals surface area (Å²) in [7, 11) is 1.60. The number of hydrogen-bond acceptors (Lipinski definition) is 4. The van der Waals surface area contributed by atoms with Crippen molar-refractivity contribution in [3.63, 3.8) is 0 Å². The first-order valence-corrected chi connectivity index (χ1v) is 7.64. The van der Waals surface area contributed by atoms with Crippen LogP contribution in [0.3, 0.4) is 0 Å². The smallest absolute Gasteiger partial charge is 0.320 e. The molecule has 1 aromatic rings. The van der Waals surface area contributed by atoms with E-state index in [9.17, 15) is 9.59 Å². The molecule has 0 aliphatic rings. The number of carbonyl (C=O) groups excluding carboxylic acids is 2. The molecule has 23 heavy (non-hydrogen) atoms. The molecule has 0 aliphatic heterocycles. The topological polar surface area (TPSA) is 52.6 Å². The maximum atomic E-state index is 12.4. The zero-order valence-corrected chi connectivity index (χ0v) is 14.8. The molecule has 4 heteroatoms. The molecule has 0 N–H and O–H groups in total. The minimum atomic E-state index is -1.19. The fourth-order valence-corrected chi connectivity index (χ4v) is 1.99. The second kappa shape index (κ2) is 7.44. The van der Waals surface area contributed by atoms with Crippen molar-refractivity contribution in [3.05, 3.63) is 35.9 Å². The molecular formula is C19H26O4. The Morgan fingerprint density at radius 3 is 2.26 bits per heavy atom. The molecule has 0 spiro atoms. The van der Waals surface area contributed by atoms with E-state index in [0.29, 0.717) is 0 Å². The number of benzene rings is 1. The molecule has 0 aliphatic carbocycles. The van der Waals surface area contributed by atoms with Crippen molar-refractivity contribution in [2.45, 2.75) is 46.6 Å². The first kappa shape index (κ1) is 18.9. The first-order chi connectivity index (χ1) is 10.6. The minimum absolute atomic E-state index is 0.212. The van der Waals surface area contributed by atoms with Crippen LogP contribution in [-0.2, 0) is 14.3 Å². The van der Waals surface area contributed by atoms with Gasteiger partial charge in [-0.25, -0.2) is 0 Å². The van der Waals surface area contributed by atoms with Gasteiger partial charge in [-0.2, -0.15) is 0 Å². The van der Waals surface area contributed by atoms with E-state index in [1.807, 2.05) is 36.4 Å². The van der Waals surface area contributed by atoms with E-state index in [4.69, 9.17) is 9.47 Å². The molecule has 0 amide bonds. The maximum Gasteiger partial charge on any atom is 0.320 e. The van der Waals surface area contributed by atoms with Crippen LogP contribution in [0.2, 0.25) is 0 Å². The Kier molecular flexibility index (Phi) is 6.13. The Hall–Kier alpha value is -2.10.